The zero-order valence-electron chi connectivity index (χ0n) is 13.0. The van der Waals surface area contributed by atoms with Crippen LogP contribution in [-0.4, -0.2) is 32.2 Å². The highest BCUT2D eigenvalue weighted by Crippen LogP contribution is 2.11. The van der Waals surface area contributed by atoms with Gasteiger partial charge in [0.05, 0.1) is 11.8 Å². The van der Waals surface area contributed by atoms with Gasteiger partial charge in [-0.15, -0.1) is 0 Å². The Kier molecular flexibility index (Phi) is 5.00. The Balaban J connectivity index is 1.75. The maximum Gasteiger partial charge on any atom is 0.335 e. The zero-order valence-corrected chi connectivity index (χ0v) is 13.8. The van der Waals surface area contributed by atoms with E-state index in [2.05, 4.69) is 15.3 Å². The molecule has 0 fully saturated rings. The topological polar surface area (TPSA) is 92.5 Å². The standard InChI is InChI=1S/C17H14N4O3S/c22-16(23)13-8-6-12(7-9-13)10-18-21-15(19-20-17(21)25)11-24-14-4-2-1-3-5-14/h1-10H,11H2,(H,20,25)(H,22,23)/b18-10+. The molecular formula is C17H14N4O3S. The van der Waals surface area contributed by atoms with Gasteiger partial charge in [-0.3, -0.25) is 0 Å². The van der Waals surface area contributed by atoms with Gasteiger partial charge in [0.2, 0.25) is 4.77 Å². The van der Waals surface area contributed by atoms with Crippen molar-refractivity contribution in [1.82, 2.24) is 14.9 Å². The van der Waals surface area contributed by atoms with E-state index in [0.29, 0.717) is 10.6 Å². The molecule has 126 valence electrons. The number of aromatic nitrogens is 3. The first-order chi connectivity index (χ1) is 12.1. The third-order valence-corrected chi connectivity index (χ3v) is 3.57. The fourth-order valence-electron chi connectivity index (χ4n) is 2.04. The zero-order chi connectivity index (χ0) is 17.6. The van der Waals surface area contributed by atoms with Crippen LogP contribution in [0.4, 0.5) is 0 Å². The van der Waals surface area contributed by atoms with Crippen LogP contribution in [0.5, 0.6) is 5.75 Å². The third kappa shape index (κ3) is 4.18. The van der Waals surface area contributed by atoms with Crippen LogP contribution >= 0.6 is 12.2 Å². The number of rotatable bonds is 6. The largest absolute Gasteiger partial charge is 0.486 e. The van der Waals surface area contributed by atoms with E-state index in [1.165, 1.54) is 16.8 Å². The Morgan fingerprint density at radius 3 is 2.64 bits per heavy atom. The van der Waals surface area contributed by atoms with Crippen molar-refractivity contribution in [2.24, 2.45) is 5.10 Å². The third-order valence-electron chi connectivity index (χ3n) is 3.31. The number of aromatic carboxylic acids is 1. The molecule has 0 saturated carbocycles. The summed E-state index contributed by atoms with van der Waals surface area (Å²) in [7, 11) is 0. The maximum absolute atomic E-state index is 10.9. The van der Waals surface area contributed by atoms with Crippen molar-refractivity contribution in [1.29, 1.82) is 0 Å². The molecule has 0 unspecified atom stereocenters. The molecule has 0 radical (unpaired) electrons. The molecule has 1 aromatic heterocycles. The van der Waals surface area contributed by atoms with Gasteiger partial charge in [0.25, 0.3) is 0 Å². The molecule has 0 saturated heterocycles. The van der Waals surface area contributed by atoms with Crippen LogP contribution in [0.25, 0.3) is 0 Å². The molecule has 2 N–H and O–H groups in total. The molecular weight excluding hydrogens is 340 g/mol. The lowest BCUT2D eigenvalue weighted by Crippen LogP contribution is -2.04. The van der Waals surface area contributed by atoms with Gasteiger partial charge in [-0.2, -0.15) is 14.9 Å². The molecule has 3 aromatic rings. The number of hydrogen-bond acceptors (Lipinski definition) is 5. The van der Waals surface area contributed by atoms with Crippen molar-refractivity contribution in [3.05, 3.63) is 76.3 Å². The summed E-state index contributed by atoms with van der Waals surface area (Å²) in [5.41, 5.74) is 0.956. The van der Waals surface area contributed by atoms with Crippen molar-refractivity contribution in [2.45, 2.75) is 6.61 Å². The summed E-state index contributed by atoms with van der Waals surface area (Å²) in [6.07, 6.45) is 1.57. The van der Waals surface area contributed by atoms with E-state index in [-0.39, 0.29) is 12.2 Å². The number of carboxylic acid groups (broad SMARTS) is 1. The molecule has 1 heterocycles. The quantitative estimate of drug-likeness (QED) is 0.524. The Morgan fingerprint density at radius 1 is 1.24 bits per heavy atom. The number of ether oxygens (including phenoxy) is 1. The Morgan fingerprint density at radius 2 is 1.96 bits per heavy atom. The fourth-order valence-corrected chi connectivity index (χ4v) is 2.24. The summed E-state index contributed by atoms with van der Waals surface area (Å²) < 4.78 is 7.45. The van der Waals surface area contributed by atoms with Crippen molar-refractivity contribution in [2.75, 3.05) is 0 Å². The smallest absolute Gasteiger partial charge is 0.335 e. The molecule has 0 bridgehead atoms. The normalized spacial score (nSPS) is 10.9. The molecule has 2 aromatic carbocycles. The van der Waals surface area contributed by atoms with Gasteiger partial charge in [-0.25, -0.2) is 9.89 Å². The second-order valence-electron chi connectivity index (χ2n) is 5.03. The number of nitrogens with zero attached hydrogens (tertiary/aromatic N) is 3. The van der Waals surface area contributed by atoms with Crippen LogP contribution in [0.15, 0.2) is 59.7 Å². The van der Waals surface area contributed by atoms with Gasteiger partial charge >= 0.3 is 5.97 Å². The molecule has 0 aliphatic carbocycles. The summed E-state index contributed by atoms with van der Waals surface area (Å²) in [5.74, 6) is 0.268. The van der Waals surface area contributed by atoms with Crippen LogP contribution in [0.3, 0.4) is 0 Å². The molecule has 0 spiro atoms. The number of benzene rings is 2. The second-order valence-corrected chi connectivity index (χ2v) is 5.42. The molecule has 8 heteroatoms. The summed E-state index contributed by atoms with van der Waals surface area (Å²) >= 11 is 5.17. The van der Waals surface area contributed by atoms with E-state index in [9.17, 15) is 4.79 Å². The minimum absolute atomic E-state index is 0.201. The molecule has 7 nitrogen and oxygen atoms in total. The van der Waals surface area contributed by atoms with E-state index in [1.807, 2.05) is 30.3 Å². The first-order valence-electron chi connectivity index (χ1n) is 7.35. The maximum atomic E-state index is 10.9. The highest BCUT2D eigenvalue weighted by Gasteiger charge is 2.06. The molecule has 0 aliphatic rings. The van der Waals surface area contributed by atoms with Gasteiger partial charge in [-0.1, -0.05) is 30.3 Å². The molecule has 0 aliphatic heterocycles. The highest BCUT2D eigenvalue weighted by molar-refractivity contribution is 7.71. The molecule has 25 heavy (non-hydrogen) atoms. The minimum Gasteiger partial charge on any atom is -0.486 e. The lowest BCUT2D eigenvalue weighted by molar-refractivity contribution is 0.0697. The number of para-hydroxylation sites is 1. The Bertz CT molecular complexity index is 946. The average Bonchev–Trinajstić information content (AvgIpc) is 2.99. The van der Waals surface area contributed by atoms with Crippen LogP contribution in [-0.2, 0) is 6.61 Å². The number of carboxylic acids is 1. The van der Waals surface area contributed by atoms with Crippen LogP contribution in [0.2, 0.25) is 0 Å². The number of nitrogens with one attached hydrogen (secondary N) is 1. The van der Waals surface area contributed by atoms with E-state index in [4.69, 9.17) is 22.1 Å². The number of carbonyl (C=O) groups is 1. The molecule has 3 rings (SSSR count). The SMILES string of the molecule is O=C(O)c1ccc(/C=N/n2c(COc3ccccc3)n[nH]c2=S)cc1. The summed E-state index contributed by atoms with van der Waals surface area (Å²) in [6.45, 7) is 0.201. The number of hydrogen-bond donors (Lipinski definition) is 2. The van der Waals surface area contributed by atoms with E-state index < -0.39 is 5.97 Å². The van der Waals surface area contributed by atoms with Crippen LogP contribution in [0.1, 0.15) is 21.7 Å². The predicted molar refractivity (Wildman–Crippen MR) is 94.6 cm³/mol. The second kappa shape index (κ2) is 7.54. The highest BCUT2D eigenvalue weighted by atomic mass is 32.1. The molecule has 0 amide bonds. The predicted octanol–water partition coefficient (Wildman–Crippen LogP) is 3.10. The van der Waals surface area contributed by atoms with Crippen LogP contribution in [0, 0.1) is 4.77 Å². The number of aromatic amines is 1. The van der Waals surface area contributed by atoms with Crippen molar-refractivity contribution >= 4 is 24.4 Å². The van der Waals surface area contributed by atoms with Gasteiger partial charge in [-0.05, 0) is 42.0 Å². The lowest BCUT2D eigenvalue weighted by Gasteiger charge is -2.04. The van der Waals surface area contributed by atoms with Gasteiger partial charge in [0.1, 0.15) is 12.4 Å². The fraction of sp³-hybridized carbons (Fsp3) is 0.0588. The minimum atomic E-state index is -0.971. The lowest BCUT2D eigenvalue weighted by atomic mass is 10.1. The van der Waals surface area contributed by atoms with Crippen molar-refractivity contribution in [3.63, 3.8) is 0 Å². The van der Waals surface area contributed by atoms with Gasteiger partial charge in [0, 0.05) is 0 Å². The Hall–Kier alpha value is -3.26. The Labute approximate surface area is 148 Å². The first-order valence-corrected chi connectivity index (χ1v) is 7.76. The van der Waals surface area contributed by atoms with E-state index >= 15 is 0 Å². The van der Waals surface area contributed by atoms with Gasteiger partial charge in [0.15, 0.2) is 5.82 Å². The van der Waals surface area contributed by atoms with Gasteiger partial charge < -0.3 is 9.84 Å². The van der Waals surface area contributed by atoms with E-state index in [1.54, 1.807) is 18.3 Å². The molecule has 0 atom stereocenters. The monoisotopic (exact) mass is 354 g/mol. The average molecular weight is 354 g/mol. The summed E-state index contributed by atoms with van der Waals surface area (Å²) in [5, 5.41) is 20.0. The van der Waals surface area contributed by atoms with Crippen LogP contribution < -0.4 is 4.74 Å². The summed E-state index contributed by atoms with van der Waals surface area (Å²) in [4.78, 5) is 10.9. The number of H-pyrrole nitrogens is 1. The van der Waals surface area contributed by atoms with Crippen molar-refractivity contribution < 1.29 is 14.6 Å². The first kappa shape index (κ1) is 16.6. The summed E-state index contributed by atoms with van der Waals surface area (Å²) in [6, 6.07) is 15.7. The van der Waals surface area contributed by atoms with E-state index in [0.717, 1.165) is 11.3 Å². The van der Waals surface area contributed by atoms with Crippen molar-refractivity contribution in [3.8, 4) is 5.75 Å².